The van der Waals surface area contributed by atoms with E-state index in [1.165, 1.54) is 11.1 Å². The molecule has 17 heavy (non-hydrogen) atoms. The van der Waals surface area contributed by atoms with Gasteiger partial charge in [-0.1, -0.05) is 31.2 Å². The molecule has 3 heteroatoms. The van der Waals surface area contributed by atoms with Crippen LogP contribution < -0.4 is 5.32 Å². The number of methoxy groups -OCH3 is 1. The fraction of sp³-hybridized carbons (Fsp3) is 0.571. The van der Waals surface area contributed by atoms with Gasteiger partial charge >= 0.3 is 0 Å². The van der Waals surface area contributed by atoms with Crippen molar-refractivity contribution in [2.24, 2.45) is 0 Å². The number of rotatable bonds is 8. The lowest BCUT2D eigenvalue weighted by molar-refractivity contribution is 0.158. The van der Waals surface area contributed by atoms with Crippen LogP contribution in [0.1, 0.15) is 18.1 Å². The molecule has 0 aliphatic rings. The summed E-state index contributed by atoms with van der Waals surface area (Å²) in [6.07, 6.45) is 0. The first-order valence-electron chi connectivity index (χ1n) is 6.23. The highest BCUT2D eigenvalue weighted by molar-refractivity contribution is 5.26. The maximum absolute atomic E-state index is 5.09. The minimum absolute atomic E-state index is 0.784. The summed E-state index contributed by atoms with van der Waals surface area (Å²) in [5.74, 6) is 0. The zero-order valence-electron chi connectivity index (χ0n) is 11.2. The summed E-state index contributed by atoms with van der Waals surface area (Å²) < 4.78 is 5.09. The van der Waals surface area contributed by atoms with Crippen molar-refractivity contribution >= 4 is 0 Å². The molecule has 3 nitrogen and oxygen atoms in total. The van der Waals surface area contributed by atoms with Gasteiger partial charge in [-0.05, 0) is 24.7 Å². The van der Waals surface area contributed by atoms with E-state index in [1.807, 2.05) is 0 Å². The Labute approximate surface area is 105 Å². The van der Waals surface area contributed by atoms with E-state index in [2.05, 4.69) is 48.5 Å². The molecule has 0 saturated heterocycles. The van der Waals surface area contributed by atoms with Crippen LogP contribution in [0, 0.1) is 0 Å². The van der Waals surface area contributed by atoms with Crippen molar-refractivity contribution in [1.29, 1.82) is 0 Å². The fourth-order valence-corrected chi connectivity index (χ4v) is 1.76. The van der Waals surface area contributed by atoms with Crippen LogP contribution in [0.25, 0.3) is 0 Å². The summed E-state index contributed by atoms with van der Waals surface area (Å²) in [6.45, 7) is 6.81. The molecule has 0 fully saturated rings. The molecule has 0 aromatic heterocycles. The van der Waals surface area contributed by atoms with Gasteiger partial charge in [0.1, 0.15) is 0 Å². The molecule has 0 unspecified atom stereocenters. The third-order valence-electron chi connectivity index (χ3n) is 2.80. The van der Waals surface area contributed by atoms with Crippen LogP contribution in [-0.2, 0) is 17.8 Å². The summed E-state index contributed by atoms with van der Waals surface area (Å²) in [4.78, 5) is 2.29. The predicted molar refractivity (Wildman–Crippen MR) is 72.0 cm³/mol. The van der Waals surface area contributed by atoms with Crippen molar-refractivity contribution in [3.8, 4) is 0 Å². The van der Waals surface area contributed by atoms with Crippen LogP contribution in [0.15, 0.2) is 24.3 Å². The normalized spacial score (nSPS) is 11.1. The molecule has 1 N–H and O–H groups in total. The maximum Gasteiger partial charge on any atom is 0.0589 e. The summed E-state index contributed by atoms with van der Waals surface area (Å²) in [5.41, 5.74) is 2.78. The van der Waals surface area contributed by atoms with E-state index in [0.29, 0.717) is 0 Å². The first-order valence-corrected chi connectivity index (χ1v) is 6.23. The SMILES string of the molecule is CCNCc1ccccc1CN(C)CCOC. The molecule has 0 saturated carbocycles. The maximum atomic E-state index is 5.09. The Morgan fingerprint density at radius 1 is 1.24 bits per heavy atom. The van der Waals surface area contributed by atoms with E-state index >= 15 is 0 Å². The van der Waals surface area contributed by atoms with Gasteiger partial charge in [0, 0.05) is 26.7 Å². The first-order chi connectivity index (χ1) is 8.27. The molecule has 1 aromatic carbocycles. The molecule has 0 radical (unpaired) electrons. The molecule has 0 aliphatic heterocycles. The van der Waals surface area contributed by atoms with Crippen molar-refractivity contribution in [2.45, 2.75) is 20.0 Å². The molecular weight excluding hydrogens is 212 g/mol. The van der Waals surface area contributed by atoms with E-state index in [-0.39, 0.29) is 0 Å². The number of likely N-dealkylation sites (N-methyl/N-ethyl adjacent to an activating group) is 1. The Morgan fingerprint density at radius 2 is 1.94 bits per heavy atom. The molecule has 1 rings (SSSR count). The van der Waals surface area contributed by atoms with E-state index in [0.717, 1.165) is 32.8 Å². The molecule has 0 bridgehead atoms. The van der Waals surface area contributed by atoms with Crippen molar-refractivity contribution in [3.05, 3.63) is 35.4 Å². The third-order valence-corrected chi connectivity index (χ3v) is 2.80. The van der Waals surface area contributed by atoms with Crippen molar-refractivity contribution in [1.82, 2.24) is 10.2 Å². The molecule has 96 valence electrons. The largest absolute Gasteiger partial charge is 0.383 e. The average Bonchev–Trinajstić information content (AvgIpc) is 2.35. The van der Waals surface area contributed by atoms with E-state index < -0.39 is 0 Å². The Hall–Kier alpha value is -0.900. The van der Waals surface area contributed by atoms with Crippen LogP contribution in [0.2, 0.25) is 0 Å². The van der Waals surface area contributed by atoms with Gasteiger partial charge in [0.05, 0.1) is 6.61 Å². The number of hydrogen-bond donors (Lipinski definition) is 1. The monoisotopic (exact) mass is 236 g/mol. The highest BCUT2D eigenvalue weighted by Gasteiger charge is 2.04. The van der Waals surface area contributed by atoms with Gasteiger partial charge in [0.2, 0.25) is 0 Å². The predicted octanol–water partition coefficient (Wildman–Crippen LogP) is 1.87. The fourth-order valence-electron chi connectivity index (χ4n) is 1.76. The lowest BCUT2D eigenvalue weighted by Crippen LogP contribution is -2.23. The van der Waals surface area contributed by atoms with E-state index in [1.54, 1.807) is 7.11 Å². The molecule has 0 amide bonds. The standard InChI is InChI=1S/C14H24N2O/c1-4-15-11-13-7-5-6-8-14(13)12-16(2)9-10-17-3/h5-8,15H,4,9-12H2,1-3H3. The second-order valence-electron chi connectivity index (χ2n) is 4.28. The van der Waals surface area contributed by atoms with E-state index in [9.17, 15) is 0 Å². The minimum atomic E-state index is 0.784. The summed E-state index contributed by atoms with van der Waals surface area (Å²) in [6, 6.07) is 8.61. The minimum Gasteiger partial charge on any atom is -0.383 e. The quantitative estimate of drug-likeness (QED) is 0.746. The second kappa shape index (κ2) is 8.23. The van der Waals surface area contributed by atoms with Gasteiger partial charge in [-0.3, -0.25) is 4.90 Å². The number of nitrogens with zero attached hydrogens (tertiary/aromatic N) is 1. The summed E-state index contributed by atoms with van der Waals surface area (Å²) in [7, 11) is 3.87. The first kappa shape index (κ1) is 14.2. The van der Waals surface area contributed by atoms with Gasteiger partial charge in [-0.2, -0.15) is 0 Å². The van der Waals surface area contributed by atoms with Gasteiger partial charge in [0.25, 0.3) is 0 Å². The van der Waals surface area contributed by atoms with E-state index in [4.69, 9.17) is 4.74 Å². The van der Waals surface area contributed by atoms with Crippen molar-refractivity contribution < 1.29 is 4.74 Å². The Kier molecular flexibility index (Phi) is 6.86. The van der Waals surface area contributed by atoms with Gasteiger partial charge in [0.15, 0.2) is 0 Å². The highest BCUT2D eigenvalue weighted by atomic mass is 16.5. The number of nitrogens with one attached hydrogen (secondary N) is 1. The van der Waals surface area contributed by atoms with Gasteiger partial charge < -0.3 is 10.1 Å². The number of benzene rings is 1. The molecule has 0 aliphatic carbocycles. The lowest BCUT2D eigenvalue weighted by atomic mass is 10.1. The van der Waals surface area contributed by atoms with Crippen molar-refractivity contribution in [3.63, 3.8) is 0 Å². The molecule has 0 spiro atoms. The van der Waals surface area contributed by atoms with Crippen molar-refractivity contribution in [2.75, 3.05) is 33.9 Å². The zero-order chi connectivity index (χ0) is 12.5. The molecule has 1 aromatic rings. The number of hydrogen-bond acceptors (Lipinski definition) is 3. The Balaban J connectivity index is 2.56. The average molecular weight is 236 g/mol. The number of ether oxygens (including phenoxy) is 1. The van der Waals surface area contributed by atoms with Crippen LogP contribution >= 0.6 is 0 Å². The van der Waals surface area contributed by atoms with Crippen LogP contribution in [0.3, 0.4) is 0 Å². The summed E-state index contributed by atoms with van der Waals surface area (Å²) >= 11 is 0. The topological polar surface area (TPSA) is 24.5 Å². The van der Waals surface area contributed by atoms with Crippen LogP contribution in [0.5, 0.6) is 0 Å². The molecule has 0 atom stereocenters. The smallest absolute Gasteiger partial charge is 0.0589 e. The van der Waals surface area contributed by atoms with Gasteiger partial charge in [-0.25, -0.2) is 0 Å². The van der Waals surface area contributed by atoms with Crippen LogP contribution in [-0.4, -0.2) is 38.8 Å². The zero-order valence-corrected chi connectivity index (χ0v) is 11.2. The molecule has 0 heterocycles. The third kappa shape index (κ3) is 5.31. The Morgan fingerprint density at radius 3 is 2.59 bits per heavy atom. The van der Waals surface area contributed by atoms with Crippen LogP contribution in [0.4, 0.5) is 0 Å². The summed E-state index contributed by atoms with van der Waals surface area (Å²) in [5, 5.41) is 3.38. The lowest BCUT2D eigenvalue weighted by Gasteiger charge is -2.18. The molecular formula is C14H24N2O. The Bertz CT molecular complexity index is 315. The second-order valence-corrected chi connectivity index (χ2v) is 4.28. The van der Waals surface area contributed by atoms with Gasteiger partial charge in [-0.15, -0.1) is 0 Å². The highest BCUT2D eigenvalue weighted by Crippen LogP contribution is 2.10.